The smallest absolute Gasteiger partial charge is 0.393 e. The molecule has 3 aromatic rings. The Bertz CT molecular complexity index is 945. The van der Waals surface area contributed by atoms with E-state index in [1.165, 1.54) is 6.33 Å². The van der Waals surface area contributed by atoms with Gasteiger partial charge in [0.25, 0.3) is 0 Å². The van der Waals surface area contributed by atoms with Crippen molar-refractivity contribution >= 4 is 40.6 Å². The van der Waals surface area contributed by atoms with Crippen LogP contribution in [0.5, 0.6) is 0 Å². The maximum atomic E-state index is 12.7. The van der Waals surface area contributed by atoms with Crippen molar-refractivity contribution in [1.82, 2.24) is 20.1 Å². The second-order valence-electron chi connectivity index (χ2n) is 5.11. The summed E-state index contributed by atoms with van der Waals surface area (Å²) in [5.74, 6) is 1.26. The Morgan fingerprint density at radius 3 is 2.35 bits per heavy atom. The Morgan fingerprint density at radius 2 is 1.77 bits per heavy atom. The molecule has 0 aromatic carbocycles. The quantitative estimate of drug-likeness (QED) is 0.619. The molecule has 3 aromatic heterocycles. The van der Waals surface area contributed by atoms with Gasteiger partial charge in [-0.15, -0.1) is 0 Å². The average Bonchev–Trinajstić information content (AvgIpc) is 2.97. The summed E-state index contributed by atoms with van der Waals surface area (Å²) in [6, 6.07) is 2.38. The van der Waals surface area contributed by atoms with E-state index in [0.29, 0.717) is 17.8 Å². The topological polar surface area (TPSA) is 115 Å². The molecule has 4 N–H and O–H groups in total. The molecule has 3 heterocycles. The Labute approximate surface area is 149 Å². The van der Waals surface area contributed by atoms with Gasteiger partial charge in [-0.3, -0.25) is 0 Å². The molecule has 12 heteroatoms. The van der Waals surface area contributed by atoms with E-state index >= 15 is 0 Å². The predicted octanol–water partition coefficient (Wildman–Crippen LogP) is 3.91. The van der Waals surface area contributed by atoms with Gasteiger partial charge in [-0.25, -0.2) is 15.0 Å². The number of rotatable bonds is 4. The van der Waals surface area contributed by atoms with E-state index in [9.17, 15) is 13.2 Å². The lowest BCUT2D eigenvalue weighted by Gasteiger charge is -2.13. The zero-order valence-electron chi connectivity index (χ0n) is 13.1. The lowest BCUT2D eigenvalue weighted by molar-refractivity contribution is -0.137. The first kappa shape index (κ1) is 17.7. The average molecular weight is 386 g/mol. The molecule has 0 atom stereocenters. The third-order valence-corrected chi connectivity index (χ3v) is 3.45. The van der Waals surface area contributed by atoms with Gasteiger partial charge in [-0.1, -0.05) is 16.8 Å². The fraction of sp³-hybridized carbons (Fsp3) is 0.143. The predicted molar refractivity (Wildman–Crippen MR) is 88.5 cm³/mol. The van der Waals surface area contributed by atoms with Crippen LogP contribution in [0.2, 0.25) is 5.02 Å². The lowest BCUT2D eigenvalue weighted by atomic mass is 10.2. The van der Waals surface area contributed by atoms with Crippen LogP contribution in [-0.2, 0) is 6.18 Å². The van der Waals surface area contributed by atoms with Gasteiger partial charge in [-0.2, -0.15) is 13.2 Å². The highest BCUT2D eigenvalue weighted by atomic mass is 35.5. The molecule has 8 nitrogen and oxygen atoms in total. The minimum Gasteiger partial charge on any atom is -0.393 e. The first-order chi connectivity index (χ1) is 12.2. The molecule has 0 unspecified atom stereocenters. The molecule has 0 aliphatic carbocycles. The first-order valence-corrected chi connectivity index (χ1v) is 7.42. The number of halogens is 4. The summed E-state index contributed by atoms with van der Waals surface area (Å²) >= 11 is 5.86. The van der Waals surface area contributed by atoms with Crippen molar-refractivity contribution in [2.45, 2.75) is 13.1 Å². The van der Waals surface area contributed by atoms with Gasteiger partial charge in [0, 0.05) is 12.3 Å². The second kappa shape index (κ2) is 6.67. The normalized spacial score (nSPS) is 11.4. The van der Waals surface area contributed by atoms with E-state index in [4.69, 9.17) is 21.9 Å². The Hall–Kier alpha value is -3.08. The van der Waals surface area contributed by atoms with Gasteiger partial charge in [0.15, 0.2) is 17.5 Å². The number of aryl methyl sites for hydroxylation is 1. The second-order valence-corrected chi connectivity index (χ2v) is 5.52. The third kappa shape index (κ3) is 3.77. The Balaban J connectivity index is 1.85. The summed E-state index contributed by atoms with van der Waals surface area (Å²) in [7, 11) is 0. The van der Waals surface area contributed by atoms with Crippen LogP contribution in [0.1, 0.15) is 11.3 Å². The molecule has 0 saturated heterocycles. The molecule has 0 amide bonds. The standard InChI is InChI=1S/C14H11ClF3N7O/c1-6-2-9(25-26-6)23-12-10(19)13(22-5-21-12)24-11-8(15)3-7(4-20-11)14(16,17)18/h2-5H,19H2,1H3,(H2,20,21,22,23,24,25). The number of alkyl halides is 3. The molecule has 0 radical (unpaired) electrons. The van der Waals surface area contributed by atoms with Crippen LogP contribution in [0.25, 0.3) is 0 Å². The van der Waals surface area contributed by atoms with E-state index in [1.807, 2.05) is 0 Å². The third-order valence-electron chi connectivity index (χ3n) is 3.16. The van der Waals surface area contributed by atoms with Crippen molar-refractivity contribution in [3.63, 3.8) is 0 Å². The summed E-state index contributed by atoms with van der Waals surface area (Å²) in [5, 5.41) is 9.03. The number of aromatic nitrogens is 4. The summed E-state index contributed by atoms with van der Waals surface area (Å²) < 4.78 is 42.9. The van der Waals surface area contributed by atoms with Crippen molar-refractivity contribution in [2.24, 2.45) is 0 Å². The number of nitrogens with zero attached hydrogens (tertiary/aromatic N) is 4. The lowest BCUT2D eigenvalue weighted by Crippen LogP contribution is -2.08. The number of pyridine rings is 1. The maximum absolute atomic E-state index is 12.7. The molecule has 0 aliphatic heterocycles. The van der Waals surface area contributed by atoms with Gasteiger partial charge in [-0.05, 0) is 13.0 Å². The van der Waals surface area contributed by atoms with Crippen LogP contribution in [-0.4, -0.2) is 20.1 Å². The van der Waals surface area contributed by atoms with Crippen LogP contribution < -0.4 is 16.4 Å². The van der Waals surface area contributed by atoms with Gasteiger partial charge in [0.05, 0.1) is 10.6 Å². The van der Waals surface area contributed by atoms with E-state index < -0.39 is 11.7 Å². The van der Waals surface area contributed by atoms with Crippen molar-refractivity contribution in [1.29, 1.82) is 0 Å². The SMILES string of the molecule is Cc1cc(Nc2ncnc(Nc3ncc(C(F)(F)F)cc3Cl)c2N)no1. The molecular formula is C14H11ClF3N7O. The van der Waals surface area contributed by atoms with Gasteiger partial charge in [0.2, 0.25) is 0 Å². The van der Waals surface area contributed by atoms with Crippen molar-refractivity contribution in [2.75, 3.05) is 16.4 Å². The van der Waals surface area contributed by atoms with Gasteiger partial charge >= 0.3 is 6.18 Å². The van der Waals surface area contributed by atoms with Crippen molar-refractivity contribution < 1.29 is 17.7 Å². The highest BCUT2D eigenvalue weighted by Gasteiger charge is 2.31. The number of nitrogens with one attached hydrogen (secondary N) is 2. The van der Waals surface area contributed by atoms with E-state index in [-0.39, 0.29) is 28.2 Å². The molecule has 0 saturated carbocycles. The van der Waals surface area contributed by atoms with E-state index in [2.05, 4.69) is 30.7 Å². The molecule has 0 aliphatic rings. The zero-order chi connectivity index (χ0) is 18.9. The Kier molecular flexibility index (Phi) is 4.55. The number of hydrogen-bond acceptors (Lipinski definition) is 8. The van der Waals surface area contributed by atoms with Crippen LogP contribution in [0.15, 0.2) is 29.2 Å². The van der Waals surface area contributed by atoms with Crippen LogP contribution in [0.3, 0.4) is 0 Å². The highest BCUT2D eigenvalue weighted by Crippen LogP contribution is 2.34. The monoisotopic (exact) mass is 385 g/mol. The highest BCUT2D eigenvalue weighted by molar-refractivity contribution is 6.33. The Morgan fingerprint density at radius 1 is 1.08 bits per heavy atom. The van der Waals surface area contributed by atoms with Crippen LogP contribution >= 0.6 is 11.6 Å². The number of hydrogen-bond donors (Lipinski definition) is 3. The first-order valence-electron chi connectivity index (χ1n) is 7.04. The van der Waals surface area contributed by atoms with Crippen LogP contribution in [0.4, 0.5) is 42.1 Å². The summed E-state index contributed by atoms with van der Waals surface area (Å²) in [4.78, 5) is 11.6. The molecule has 0 bridgehead atoms. The molecule has 136 valence electrons. The number of anilines is 5. The largest absolute Gasteiger partial charge is 0.417 e. The molecular weight excluding hydrogens is 375 g/mol. The number of nitrogens with two attached hydrogens (primary N) is 1. The van der Waals surface area contributed by atoms with Gasteiger partial charge in [0.1, 0.15) is 23.6 Å². The molecule has 3 rings (SSSR count). The maximum Gasteiger partial charge on any atom is 0.417 e. The summed E-state index contributed by atoms with van der Waals surface area (Å²) in [6.07, 6.45) is -2.69. The molecule has 26 heavy (non-hydrogen) atoms. The van der Waals surface area contributed by atoms with E-state index in [1.54, 1.807) is 13.0 Å². The van der Waals surface area contributed by atoms with E-state index in [0.717, 1.165) is 6.07 Å². The van der Waals surface area contributed by atoms with Gasteiger partial charge < -0.3 is 20.9 Å². The van der Waals surface area contributed by atoms with Crippen molar-refractivity contribution in [3.8, 4) is 0 Å². The minimum absolute atomic E-state index is 0.0340. The summed E-state index contributed by atoms with van der Waals surface area (Å²) in [6.45, 7) is 1.72. The van der Waals surface area contributed by atoms with Crippen LogP contribution in [0, 0.1) is 6.92 Å². The molecule has 0 spiro atoms. The zero-order valence-corrected chi connectivity index (χ0v) is 13.9. The fourth-order valence-corrected chi connectivity index (χ4v) is 2.15. The number of nitrogen functional groups attached to an aromatic ring is 1. The summed E-state index contributed by atoms with van der Waals surface area (Å²) in [5.41, 5.74) is 5.10. The fourth-order valence-electron chi connectivity index (χ4n) is 1.94. The minimum atomic E-state index is -4.55. The van der Waals surface area contributed by atoms with Crippen molar-refractivity contribution in [3.05, 3.63) is 41.0 Å². The molecule has 0 fully saturated rings.